The molecule has 0 unspecified atom stereocenters. The number of thiazole rings is 1. The Kier molecular flexibility index (Phi) is 8.06. The van der Waals surface area contributed by atoms with E-state index in [1.807, 2.05) is 18.2 Å². The van der Waals surface area contributed by atoms with Gasteiger partial charge in [0, 0.05) is 11.8 Å². The zero-order valence-electron chi connectivity index (χ0n) is 16.3. The van der Waals surface area contributed by atoms with Crippen molar-refractivity contribution >= 4 is 28.4 Å². The molecule has 8 nitrogen and oxygen atoms in total. The first-order valence-electron chi connectivity index (χ1n) is 8.92. The SMILES string of the molecule is CC(=O)O.COc1cccc(OC)c1CNC(=N)Nc1nc2c(s1)CCCC2. The quantitative estimate of drug-likeness (QED) is 0.445. The summed E-state index contributed by atoms with van der Waals surface area (Å²) >= 11 is 1.65. The number of carboxylic acids is 1. The highest BCUT2D eigenvalue weighted by molar-refractivity contribution is 7.15. The maximum atomic E-state index is 9.00. The zero-order valence-corrected chi connectivity index (χ0v) is 17.1. The average molecular weight is 407 g/mol. The van der Waals surface area contributed by atoms with Crippen molar-refractivity contribution in [3.05, 3.63) is 34.3 Å². The number of hydrogen-bond donors (Lipinski definition) is 4. The van der Waals surface area contributed by atoms with Crippen molar-refractivity contribution in [3.8, 4) is 11.5 Å². The van der Waals surface area contributed by atoms with Gasteiger partial charge < -0.3 is 25.2 Å². The summed E-state index contributed by atoms with van der Waals surface area (Å²) in [4.78, 5) is 14.9. The van der Waals surface area contributed by atoms with E-state index in [0.717, 1.165) is 42.0 Å². The van der Waals surface area contributed by atoms with Crippen LogP contribution in [0.3, 0.4) is 0 Å². The average Bonchev–Trinajstić information content (AvgIpc) is 3.07. The third kappa shape index (κ3) is 6.12. The highest BCUT2D eigenvalue weighted by Gasteiger charge is 2.16. The number of aliphatic carboxylic acids is 1. The van der Waals surface area contributed by atoms with Gasteiger partial charge in [0.1, 0.15) is 11.5 Å². The van der Waals surface area contributed by atoms with Gasteiger partial charge in [0.25, 0.3) is 5.97 Å². The summed E-state index contributed by atoms with van der Waals surface area (Å²) in [7, 11) is 3.25. The number of guanidine groups is 1. The van der Waals surface area contributed by atoms with Gasteiger partial charge in [-0.1, -0.05) is 6.07 Å². The van der Waals surface area contributed by atoms with Crippen LogP contribution in [0.15, 0.2) is 18.2 Å². The molecule has 0 atom stereocenters. The number of fused-ring (bicyclic) bond motifs is 1. The second-order valence-electron chi connectivity index (χ2n) is 6.11. The molecule has 4 N–H and O–H groups in total. The lowest BCUT2D eigenvalue weighted by Gasteiger charge is -2.14. The van der Waals surface area contributed by atoms with E-state index in [2.05, 4.69) is 15.6 Å². The van der Waals surface area contributed by atoms with Gasteiger partial charge in [-0.15, -0.1) is 11.3 Å². The van der Waals surface area contributed by atoms with Crippen LogP contribution in [0.25, 0.3) is 0 Å². The number of hydrogen-bond acceptors (Lipinski definition) is 6. The van der Waals surface area contributed by atoms with Crippen LogP contribution in [-0.2, 0) is 24.2 Å². The standard InChI is InChI=1S/C17H22N4O2S.C2H4O2/c1-22-13-7-5-8-14(23-2)11(13)10-19-16(18)21-17-20-12-6-3-4-9-15(12)24-17;1-2(3)4/h5,7-8H,3-4,6,9-10H2,1-2H3,(H3,18,19,20,21);1H3,(H,3,4). The molecular formula is C19H26N4O4S. The number of aromatic nitrogens is 1. The van der Waals surface area contributed by atoms with Crippen molar-refractivity contribution in [2.24, 2.45) is 0 Å². The highest BCUT2D eigenvalue weighted by atomic mass is 32.1. The van der Waals surface area contributed by atoms with Crippen LogP contribution in [0.2, 0.25) is 0 Å². The van der Waals surface area contributed by atoms with E-state index in [-0.39, 0.29) is 5.96 Å². The van der Waals surface area contributed by atoms with Crippen molar-refractivity contribution < 1.29 is 19.4 Å². The van der Waals surface area contributed by atoms with Gasteiger partial charge in [-0.3, -0.25) is 10.2 Å². The molecule has 0 fully saturated rings. The zero-order chi connectivity index (χ0) is 20.5. The van der Waals surface area contributed by atoms with Crippen LogP contribution < -0.4 is 20.1 Å². The predicted molar refractivity (Wildman–Crippen MR) is 110 cm³/mol. The fourth-order valence-electron chi connectivity index (χ4n) is 2.84. The third-order valence-corrected chi connectivity index (χ3v) is 5.12. The number of anilines is 1. The van der Waals surface area contributed by atoms with Gasteiger partial charge >= 0.3 is 0 Å². The first-order chi connectivity index (χ1) is 13.4. The minimum absolute atomic E-state index is 0.217. The maximum absolute atomic E-state index is 9.00. The Morgan fingerprint density at radius 1 is 1.25 bits per heavy atom. The molecule has 3 rings (SSSR count). The van der Waals surface area contributed by atoms with E-state index in [4.69, 9.17) is 24.8 Å². The van der Waals surface area contributed by atoms with E-state index in [0.29, 0.717) is 6.54 Å². The summed E-state index contributed by atoms with van der Waals surface area (Å²) in [6, 6.07) is 5.64. The molecule has 1 aliphatic carbocycles. The fourth-order valence-corrected chi connectivity index (χ4v) is 3.89. The molecule has 1 aromatic heterocycles. The number of benzene rings is 1. The molecule has 0 spiro atoms. The van der Waals surface area contributed by atoms with Crippen molar-refractivity contribution in [3.63, 3.8) is 0 Å². The molecule has 0 saturated heterocycles. The Hall–Kier alpha value is -2.81. The molecule has 9 heteroatoms. The van der Waals surface area contributed by atoms with E-state index >= 15 is 0 Å². The lowest BCUT2D eigenvalue weighted by atomic mass is 10.0. The number of carboxylic acid groups (broad SMARTS) is 1. The number of ether oxygens (including phenoxy) is 2. The Balaban J connectivity index is 0.000000640. The van der Waals surface area contributed by atoms with Gasteiger partial charge in [-0.25, -0.2) is 4.98 Å². The highest BCUT2D eigenvalue weighted by Crippen LogP contribution is 2.30. The van der Waals surface area contributed by atoms with Gasteiger partial charge in [-0.2, -0.15) is 0 Å². The summed E-state index contributed by atoms with van der Waals surface area (Å²) in [6.45, 7) is 1.52. The van der Waals surface area contributed by atoms with Crippen molar-refractivity contribution in [2.75, 3.05) is 19.5 Å². The van der Waals surface area contributed by atoms with Gasteiger partial charge in [0.2, 0.25) is 0 Å². The third-order valence-electron chi connectivity index (χ3n) is 4.05. The number of nitrogens with one attached hydrogen (secondary N) is 3. The summed E-state index contributed by atoms with van der Waals surface area (Å²) in [6.07, 6.45) is 4.60. The molecule has 2 aromatic rings. The van der Waals surface area contributed by atoms with Crippen LogP contribution in [0.1, 0.15) is 35.9 Å². The van der Waals surface area contributed by atoms with Crippen molar-refractivity contribution in [2.45, 2.75) is 39.2 Å². The molecule has 1 aliphatic rings. The Bertz CT molecular complexity index is 773. The van der Waals surface area contributed by atoms with E-state index < -0.39 is 5.97 Å². The van der Waals surface area contributed by atoms with E-state index in [1.165, 1.54) is 23.4 Å². The number of nitrogens with zero attached hydrogens (tertiary/aromatic N) is 1. The first-order valence-corrected chi connectivity index (χ1v) is 9.73. The molecule has 28 heavy (non-hydrogen) atoms. The maximum Gasteiger partial charge on any atom is 0.300 e. The number of carbonyl (C=O) groups is 1. The molecule has 0 saturated carbocycles. The van der Waals surface area contributed by atoms with Crippen LogP contribution >= 0.6 is 11.3 Å². The summed E-state index contributed by atoms with van der Waals surface area (Å²) < 4.78 is 10.7. The predicted octanol–water partition coefficient (Wildman–Crippen LogP) is 3.27. The van der Waals surface area contributed by atoms with Crippen molar-refractivity contribution in [1.82, 2.24) is 10.3 Å². The molecule has 152 valence electrons. The molecule has 1 aromatic carbocycles. The summed E-state index contributed by atoms with van der Waals surface area (Å²) in [5.74, 6) is 0.854. The Morgan fingerprint density at radius 3 is 2.43 bits per heavy atom. The lowest BCUT2D eigenvalue weighted by molar-refractivity contribution is -0.134. The van der Waals surface area contributed by atoms with Gasteiger partial charge in [-0.05, 0) is 37.8 Å². The number of aryl methyl sites for hydroxylation is 2. The summed E-state index contributed by atoms with van der Waals surface area (Å²) in [5.41, 5.74) is 2.07. The van der Waals surface area contributed by atoms with Crippen LogP contribution in [0.4, 0.5) is 5.13 Å². The topological polar surface area (TPSA) is 117 Å². The number of methoxy groups -OCH3 is 2. The molecule has 0 amide bonds. The Labute approximate surface area is 168 Å². The van der Waals surface area contributed by atoms with Crippen molar-refractivity contribution in [1.29, 1.82) is 5.41 Å². The summed E-state index contributed by atoms with van der Waals surface area (Å²) in [5, 5.41) is 22.4. The van der Waals surface area contributed by atoms with E-state index in [1.54, 1.807) is 25.6 Å². The van der Waals surface area contributed by atoms with Gasteiger partial charge in [0.15, 0.2) is 11.1 Å². The smallest absolute Gasteiger partial charge is 0.300 e. The van der Waals surface area contributed by atoms with Crippen LogP contribution in [0, 0.1) is 5.41 Å². The molecule has 0 aliphatic heterocycles. The van der Waals surface area contributed by atoms with Crippen LogP contribution in [-0.4, -0.2) is 36.2 Å². The van der Waals surface area contributed by atoms with E-state index in [9.17, 15) is 0 Å². The van der Waals surface area contributed by atoms with Gasteiger partial charge in [0.05, 0.1) is 32.0 Å². The second kappa shape index (κ2) is 10.5. The minimum atomic E-state index is -0.833. The Morgan fingerprint density at radius 2 is 1.86 bits per heavy atom. The minimum Gasteiger partial charge on any atom is -0.496 e. The molecular weight excluding hydrogens is 380 g/mol. The number of rotatable bonds is 5. The molecule has 1 heterocycles. The largest absolute Gasteiger partial charge is 0.496 e. The fraction of sp³-hybridized carbons (Fsp3) is 0.421. The first kappa shape index (κ1) is 21.5. The van der Waals surface area contributed by atoms with Crippen LogP contribution in [0.5, 0.6) is 11.5 Å². The lowest BCUT2D eigenvalue weighted by Crippen LogP contribution is -2.29. The molecule has 0 radical (unpaired) electrons. The molecule has 0 bridgehead atoms. The monoisotopic (exact) mass is 406 g/mol. The second-order valence-corrected chi connectivity index (χ2v) is 7.19. The normalized spacial score (nSPS) is 12.1.